The molecule has 0 spiro atoms. The molecule has 0 amide bonds. The number of aromatic nitrogens is 2. The number of halogens is 1. The fourth-order valence-electron chi connectivity index (χ4n) is 1.82. The van der Waals surface area contributed by atoms with Gasteiger partial charge in [0.25, 0.3) is 0 Å². The van der Waals surface area contributed by atoms with E-state index in [1.165, 1.54) is 4.68 Å². The maximum Gasteiger partial charge on any atom is 0.156 e. The van der Waals surface area contributed by atoms with Crippen molar-refractivity contribution in [1.29, 1.82) is 0 Å². The lowest BCUT2D eigenvalue weighted by atomic mass is 10.1. The first kappa shape index (κ1) is 13.6. The van der Waals surface area contributed by atoms with Gasteiger partial charge in [-0.25, -0.2) is 4.68 Å². The molecule has 1 aromatic carbocycles. The quantitative estimate of drug-likeness (QED) is 0.820. The van der Waals surface area contributed by atoms with E-state index in [2.05, 4.69) is 5.10 Å². The van der Waals surface area contributed by atoms with Gasteiger partial charge in [0, 0.05) is 23.7 Å². The number of nitrogens with zero attached hydrogens (tertiary/aromatic N) is 2. The Morgan fingerprint density at radius 3 is 2.63 bits per heavy atom. The second-order valence-corrected chi connectivity index (χ2v) is 4.51. The second kappa shape index (κ2) is 5.86. The number of benzene rings is 1. The first-order chi connectivity index (χ1) is 9.17. The molecule has 0 aliphatic rings. The second-order valence-electron chi connectivity index (χ2n) is 4.07. The maximum atomic E-state index is 11.2. The lowest BCUT2D eigenvalue weighted by Gasteiger charge is -2.01. The van der Waals surface area contributed by atoms with Gasteiger partial charge in [-0.2, -0.15) is 5.10 Å². The van der Waals surface area contributed by atoms with E-state index in [0.717, 1.165) is 5.56 Å². The van der Waals surface area contributed by atoms with Gasteiger partial charge in [-0.15, -0.1) is 0 Å². The summed E-state index contributed by atoms with van der Waals surface area (Å²) in [5, 5.41) is 13.8. The van der Waals surface area contributed by atoms with Crippen LogP contribution in [0.2, 0.25) is 5.02 Å². The zero-order valence-electron chi connectivity index (χ0n) is 10.2. The van der Waals surface area contributed by atoms with E-state index in [-0.39, 0.29) is 6.61 Å². The van der Waals surface area contributed by atoms with E-state index < -0.39 is 0 Å². The summed E-state index contributed by atoms with van der Waals surface area (Å²) >= 11 is 5.83. The van der Waals surface area contributed by atoms with Gasteiger partial charge in [0.1, 0.15) is 11.5 Å². The molecule has 0 bridgehead atoms. The number of aldehydes is 1. The largest absolute Gasteiger partial charge is 0.396 e. The normalized spacial score (nSPS) is 10.6. The van der Waals surface area contributed by atoms with Crippen LogP contribution in [-0.2, 0) is 6.54 Å². The van der Waals surface area contributed by atoms with Crippen molar-refractivity contribution in [1.82, 2.24) is 9.78 Å². The molecule has 1 heterocycles. The van der Waals surface area contributed by atoms with Crippen LogP contribution in [0.25, 0.3) is 11.3 Å². The predicted molar refractivity (Wildman–Crippen MR) is 74.2 cm³/mol. The lowest BCUT2D eigenvalue weighted by molar-refractivity contribution is 0.112. The SMILES string of the molecule is Nc1c(C=O)c(-c2ccc(Cl)cc2)nn1CCCO. The molecule has 19 heavy (non-hydrogen) atoms. The number of aliphatic hydroxyl groups excluding tert-OH is 1. The van der Waals surface area contributed by atoms with E-state index in [9.17, 15) is 4.79 Å². The minimum absolute atomic E-state index is 0.0476. The Balaban J connectivity index is 2.44. The number of rotatable bonds is 5. The number of nitrogens with two attached hydrogens (primary N) is 1. The van der Waals surface area contributed by atoms with Crippen LogP contribution in [0, 0.1) is 0 Å². The number of hydrogen-bond acceptors (Lipinski definition) is 4. The van der Waals surface area contributed by atoms with Crippen molar-refractivity contribution in [2.75, 3.05) is 12.3 Å². The van der Waals surface area contributed by atoms with Crippen LogP contribution >= 0.6 is 11.6 Å². The third kappa shape index (κ3) is 2.77. The van der Waals surface area contributed by atoms with Crippen LogP contribution in [0.1, 0.15) is 16.8 Å². The summed E-state index contributed by atoms with van der Waals surface area (Å²) in [7, 11) is 0. The molecule has 0 aliphatic carbocycles. The van der Waals surface area contributed by atoms with Crippen LogP contribution in [-0.4, -0.2) is 27.8 Å². The number of hydrogen-bond donors (Lipinski definition) is 2. The maximum absolute atomic E-state index is 11.2. The highest BCUT2D eigenvalue weighted by Gasteiger charge is 2.16. The summed E-state index contributed by atoms with van der Waals surface area (Å²) in [6.45, 7) is 0.517. The van der Waals surface area contributed by atoms with Crippen molar-refractivity contribution in [3.63, 3.8) is 0 Å². The zero-order valence-corrected chi connectivity index (χ0v) is 11.0. The lowest BCUT2D eigenvalue weighted by Crippen LogP contribution is -2.06. The van der Waals surface area contributed by atoms with Crippen molar-refractivity contribution >= 4 is 23.7 Å². The Kier molecular flexibility index (Phi) is 4.19. The van der Waals surface area contributed by atoms with Gasteiger partial charge in [-0.3, -0.25) is 4.79 Å². The summed E-state index contributed by atoms with van der Waals surface area (Å²) in [6, 6.07) is 7.03. The van der Waals surface area contributed by atoms with Crippen LogP contribution in [0.4, 0.5) is 5.82 Å². The highest BCUT2D eigenvalue weighted by molar-refractivity contribution is 6.30. The highest BCUT2D eigenvalue weighted by atomic mass is 35.5. The standard InChI is InChI=1S/C13H14ClN3O2/c14-10-4-2-9(3-5-10)12-11(8-19)13(15)17(16-12)6-1-7-18/h2-5,8,18H,1,6-7,15H2. The molecule has 0 atom stereocenters. The predicted octanol–water partition coefficient (Wildman–Crippen LogP) is 1.98. The minimum atomic E-state index is 0.0476. The summed E-state index contributed by atoms with van der Waals surface area (Å²) in [5.74, 6) is 0.313. The molecule has 0 saturated heterocycles. The summed E-state index contributed by atoms with van der Waals surface area (Å²) < 4.78 is 1.53. The molecule has 6 heteroatoms. The van der Waals surface area contributed by atoms with Crippen molar-refractivity contribution in [3.8, 4) is 11.3 Å². The van der Waals surface area contributed by atoms with Gasteiger partial charge in [-0.05, 0) is 18.6 Å². The van der Waals surface area contributed by atoms with Crippen molar-refractivity contribution < 1.29 is 9.90 Å². The molecule has 0 aliphatic heterocycles. The third-order valence-electron chi connectivity index (χ3n) is 2.79. The number of carbonyl (C=O) groups excluding carboxylic acids is 1. The Hall–Kier alpha value is -1.85. The zero-order chi connectivity index (χ0) is 13.8. The number of anilines is 1. The molecule has 2 rings (SSSR count). The molecule has 5 nitrogen and oxygen atoms in total. The highest BCUT2D eigenvalue weighted by Crippen LogP contribution is 2.27. The molecule has 0 fully saturated rings. The fourth-order valence-corrected chi connectivity index (χ4v) is 1.94. The minimum Gasteiger partial charge on any atom is -0.396 e. The van der Waals surface area contributed by atoms with E-state index in [1.807, 2.05) is 0 Å². The first-order valence-electron chi connectivity index (χ1n) is 5.85. The first-order valence-corrected chi connectivity index (χ1v) is 6.23. The van der Waals surface area contributed by atoms with Crippen LogP contribution in [0.3, 0.4) is 0 Å². The monoisotopic (exact) mass is 279 g/mol. The van der Waals surface area contributed by atoms with Gasteiger partial charge in [0.2, 0.25) is 0 Å². The van der Waals surface area contributed by atoms with Crippen molar-refractivity contribution in [2.45, 2.75) is 13.0 Å². The van der Waals surface area contributed by atoms with Gasteiger partial charge in [-0.1, -0.05) is 23.7 Å². The number of nitrogen functional groups attached to an aromatic ring is 1. The Morgan fingerprint density at radius 2 is 2.05 bits per heavy atom. The number of aryl methyl sites for hydroxylation is 1. The Labute approximate surface area is 115 Å². The Bertz CT molecular complexity index is 578. The van der Waals surface area contributed by atoms with Crippen LogP contribution < -0.4 is 5.73 Å². The van der Waals surface area contributed by atoms with E-state index in [4.69, 9.17) is 22.4 Å². The topological polar surface area (TPSA) is 81.1 Å². The molecule has 3 N–H and O–H groups in total. The summed E-state index contributed by atoms with van der Waals surface area (Å²) in [5.41, 5.74) is 7.55. The van der Waals surface area contributed by atoms with Gasteiger partial charge in [0.15, 0.2) is 6.29 Å². The van der Waals surface area contributed by atoms with Crippen LogP contribution in [0.15, 0.2) is 24.3 Å². The van der Waals surface area contributed by atoms with Gasteiger partial charge >= 0.3 is 0 Å². The van der Waals surface area contributed by atoms with Crippen LogP contribution in [0.5, 0.6) is 0 Å². The van der Waals surface area contributed by atoms with E-state index in [1.54, 1.807) is 24.3 Å². The molecule has 100 valence electrons. The summed E-state index contributed by atoms with van der Waals surface area (Å²) in [4.78, 5) is 11.2. The molecule has 0 unspecified atom stereocenters. The molecular formula is C13H14ClN3O2. The smallest absolute Gasteiger partial charge is 0.156 e. The molecule has 0 saturated carbocycles. The summed E-state index contributed by atoms with van der Waals surface area (Å²) in [6.07, 6.45) is 1.23. The van der Waals surface area contributed by atoms with Gasteiger partial charge < -0.3 is 10.8 Å². The number of carbonyl (C=O) groups is 1. The molecule has 0 radical (unpaired) electrons. The van der Waals surface area contributed by atoms with E-state index in [0.29, 0.717) is 41.3 Å². The van der Waals surface area contributed by atoms with Crippen molar-refractivity contribution in [2.24, 2.45) is 0 Å². The van der Waals surface area contributed by atoms with Crippen molar-refractivity contribution in [3.05, 3.63) is 34.9 Å². The number of aliphatic hydroxyl groups is 1. The Morgan fingerprint density at radius 1 is 1.37 bits per heavy atom. The molecule has 2 aromatic rings. The third-order valence-corrected chi connectivity index (χ3v) is 3.05. The van der Waals surface area contributed by atoms with Gasteiger partial charge in [0.05, 0.1) is 5.56 Å². The fraction of sp³-hybridized carbons (Fsp3) is 0.231. The molecule has 1 aromatic heterocycles. The average Bonchev–Trinajstić information content (AvgIpc) is 2.73. The molecular weight excluding hydrogens is 266 g/mol. The average molecular weight is 280 g/mol. The van der Waals surface area contributed by atoms with E-state index >= 15 is 0 Å².